The summed E-state index contributed by atoms with van der Waals surface area (Å²) in [7, 11) is 2.12. The molecule has 0 saturated carbocycles. The topological polar surface area (TPSA) is 63.3 Å². The minimum Gasteiger partial charge on any atom is -0.333 e. The normalized spacial score (nSPS) is 14.2. The van der Waals surface area contributed by atoms with Gasteiger partial charge in [0.2, 0.25) is 5.95 Å². The number of hydrogen-bond acceptors (Lipinski definition) is 3. The van der Waals surface area contributed by atoms with Crippen molar-refractivity contribution in [3.63, 3.8) is 0 Å². The highest BCUT2D eigenvalue weighted by Crippen LogP contribution is 2.45. The van der Waals surface area contributed by atoms with Gasteiger partial charge in [-0.3, -0.25) is 9.13 Å². The van der Waals surface area contributed by atoms with Gasteiger partial charge in [-0.1, -0.05) is 158 Å². The average Bonchev–Trinajstić information content (AvgIpc) is 4.19. The molecular formula is C60H40N8. The molecule has 320 valence electrons. The van der Waals surface area contributed by atoms with Crippen LogP contribution < -0.4 is 0 Å². The van der Waals surface area contributed by atoms with E-state index in [2.05, 4.69) is 218 Å². The van der Waals surface area contributed by atoms with Crippen molar-refractivity contribution in [3.8, 4) is 28.8 Å². The Morgan fingerprint density at radius 2 is 0.985 bits per heavy atom. The number of rotatable bonds is 5. The highest BCUT2D eigenvalue weighted by Gasteiger charge is 2.28. The zero-order valence-corrected chi connectivity index (χ0v) is 37.0. The third-order valence-electron chi connectivity index (χ3n) is 14.4. The summed E-state index contributed by atoms with van der Waals surface area (Å²) in [4.78, 5) is 16.6. The quantitative estimate of drug-likeness (QED) is 0.173. The Balaban J connectivity index is 1.08. The molecule has 14 aromatic rings. The standard InChI is InChI=1S/C60H40N8/c1-64-56-58(63-60(64)67-49-32-18-14-28-45(49)53-51(67)36-34-42-40-25-11-15-29-46(40)66(54(42)53)39-23-9-4-10-24-39)61-57(37-19-5-2-6-20-37)62-59(56)68-47-30-16-12-26-41(47)43-33-35-50-52(55(43)68)44-27-13-17-31-48(44)65(50)38-21-7-3-8-22-38/h2-21,23-36,38H,22H2,1H3. The van der Waals surface area contributed by atoms with Crippen LogP contribution in [0.25, 0.3) is 127 Å². The van der Waals surface area contributed by atoms with E-state index in [4.69, 9.17) is 15.0 Å². The lowest BCUT2D eigenvalue weighted by Gasteiger charge is -2.18. The van der Waals surface area contributed by atoms with Crippen LogP contribution in [0.2, 0.25) is 0 Å². The van der Waals surface area contributed by atoms with Crippen LogP contribution in [-0.4, -0.2) is 37.8 Å². The summed E-state index contributed by atoms with van der Waals surface area (Å²) in [5.41, 5.74) is 12.6. The van der Waals surface area contributed by atoms with Crippen molar-refractivity contribution in [2.75, 3.05) is 0 Å². The first kappa shape index (κ1) is 37.2. The molecule has 68 heavy (non-hydrogen) atoms. The summed E-state index contributed by atoms with van der Waals surface area (Å²) in [6, 6.07) is 65.5. The van der Waals surface area contributed by atoms with Gasteiger partial charge in [0.25, 0.3) is 0 Å². The zero-order chi connectivity index (χ0) is 44.6. The summed E-state index contributed by atoms with van der Waals surface area (Å²) in [6.07, 6.45) is 9.85. The first-order chi connectivity index (χ1) is 33.7. The molecule has 6 heterocycles. The van der Waals surface area contributed by atoms with Crippen LogP contribution in [0.5, 0.6) is 0 Å². The number of para-hydroxylation sites is 5. The fourth-order valence-corrected chi connectivity index (χ4v) is 11.6. The highest BCUT2D eigenvalue weighted by molar-refractivity contribution is 6.27. The highest BCUT2D eigenvalue weighted by atomic mass is 15.3. The molecule has 15 rings (SSSR count). The maximum absolute atomic E-state index is 5.64. The third kappa shape index (κ3) is 5.00. The summed E-state index contributed by atoms with van der Waals surface area (Å²) >= 11 is 0. The van der Waals surface area contributed by atoms with E-state index in [9.17, 15) is 0 Å². The van der Waals surface area contributed by atoms with Gasteiger partial charge in [-0.25, -0.2) is 9.97 Å². The van der Waals surface area contributed by atoms with Crippen LogP contribution in [0, 0.1) is 0 Å². The van der Waals surface area contributed by atoms with Gasteiger partial charge in [0.1, 0.15) is 5.52 Å². The maximum atomic E-state index is 5.64. The molecule has 0 saturated heterocycles. The number of aromatic nitrogens is 8. The first-order valence-electron chi connectivity index (χ1n) is 23.3. The number of nitrogens with zero attached hydrogens (tertiary/aromatic N) is 8. The Bertz CT molecular complexity index is 4480. The predicted octanol–water partition coefficient (Wildman–Crippen LogP) is 14.5. The molecule has 1 aliphatic rings. The molecule has 0 amide bonds. The zero-order valence-electron chi connectivity index (χ0n) is 37.0. The summed E-state index contributed by atoms with van der Waals surface area (Å²) in [5, 5.41) is 9.50. The van der Waals surface area contributed by atoms with E-state index in [1.807, 2.05) is 18.2 Å². The Hall–Kier alpha value is -9.01. The van der Waals surface area contributed by atoms with Gasteiger partial charge in [0.15, 0.2) is 17.3 Å². The van der Waals surface area contributed by atoms with Crippen LogP contribution in [0.3, 0.4) is 0 Å². The number of fused-ring (bicyclic) bond motifs is 15. The summed E-state index contributed by atoms with van der Waals surface area (Å²) in [6.45, 7) is 0. The van der Waals surface area contributed by atoms with Crippen LogP contribution in [-0.2, 0) is 7.05 Å². The molecule has 6 aromatic heterocycles. The fraction of sp³-hybridized carbons (Fsp3) is 0.0500. The van der Waals surface area contributed by atoms with Crippen molar-refractivity contribution in [1.29, 1.82) is 0 Å². The van der Waals surface area contributed by atoms with E-state index in [0.29, 0.717) is 11.5 Å². The summed E-state index contributed by atoms with van der Waals surface area (Å²) < 4.78 is 11.9. The molecular weight excluding hydrogens is 833 g/mol. The lowest BCUT2D eigenvalue weighted by Crippen LogP contribution is -2.07. The molecule has 1 aliphatic carbocycles. The van der Waals surface area contributed by atoms with Crippen molar-refractivity contribution < 1.29 is 0 Å². The second kappa shape index (κ2) is 14.0. The Morgan fingerprint density at radius 3 is 1.68 bits per heavy atom. The molecule has 0 bridgehead atoms. The SMILES string of the molecule is Cn1c(-n2c3ccccc3c3c2ccc2c4ccccc4n(-c4ccccc4)c23)nc2nc(-c3ccccc3)nc(-n3c4ccccc4c4ccc5c(c6ccccc6n5C5C=CC=CC5)c43)c21. The Kier molecular flexibility index (Phi) is 7.67. The van der Waals surface area contributed by atoms with Gasteiger partial charge in [0.05, 0.1) is 44.7 Å². The van der Waals surface area contributed by atoms with Crippen molar-refractivity contribution in [2.24, 2.45) is 7.05 Å². The van der Waals surface area contributed by atoms with E-state index in [1.54, 1.807) is 0 Å². The molecule has 1 unspecified atom stereocenters. The van der Waals surface area contributed by atoms with E-state index in [0.717, 1.165) is 67.8 Å². The average molecular weight is 873 g/mol. The maximum Gasteiger partial charge on any atom is 0.217 e. The molecule has 0 spiro atoms. The van der Waals surface area contributed by atoms with Crippen LogP contribution in [0.1, 0.15) is 12.5 Å². The molecule has 0 radical (unpaired) electrons. The van der Waals surface area contributed by atoms with Crippen molar-refractivity contribution >= 4 is 98.4 Å². The predicted molar refractivity (Wildman–Crippen MR) is 280 cm³/mol. The molecule has 8 nitrogen and oxygen atoms in total. The van der Waals surface area contributed by atoms with Crippen LogP contribution in [0.15, 0.2) is 206 Å². The molecule has 8 heteroatoms. The summed E-state index contributed by atoms with van der Waals surface area (Å²) in [5.74, 6) is 2.15. The molecule has 0 N–H and O–H groups in total. The number of imidazole rings is 1. The molecule has 0 fully saturated rings. The minimum absolute atomic E-state index is 0.189. The molecule has 0 aliphatic heterocycles. The van der Waals surface area contributed by atoms with E-state index < -0.39 is 0 Å². The van der Waals surface area contributed by atoms with Gasteiger partial charge < -0.3 is 13.7 Å². The third-order valence-corrected chi connectivity index (χ3v) is 14.4. The van der Waals surface area contributed by atoms with Crippen molar-refractivity contribution in [2.45, 2.75) is 12.5 Å². The van der Waals surface area contributed by atoms with Gasteiger partial charge in [0, 0.05) is 66.9 Å². The Labute approximate surface area is 389 Å². The van der Waals surface area contributed by atoms with Gasteiger partial charge in [-0.15, -0.1) is 0 Å². The fourth-order valence-electron chi connectivity index (χ4n) is 11.6. The van der Waals surface area contributed by atoms with Crippen molar-refractivity contribution in [1.82, 2.24) is 37.8 Å². The lowest BCUT2D eigenvalue weighted by atomic mass is 10.1. The number of hydrogen-bond donors (Lipinski definition) is 0. The number of aryl methyl sites for hydroxylation is 1. The van der Waals surface area contributed by atoms with Gasteiger partial charge in [-0.05, 0) is 55.0 Å². The molecule has 8 aromatic carbocycles. The lowest BCUT2D eigenvalue weighted by molar-refractivity contribution is 0.648. The van der Waals surface area contributed by atoms with Crippen LogP contribution in [0.4, 0.5) is 0 Å². The van der Waals surface area contributed by atoms with Crippen LogP contribution >= 0.6 is 0 Å². The largest absolute Gasteiger partial charge is 0.333 e. The smallest absolute Gasteiger partial charge is 0.217 e. The van der Waals surface area contributed by atoms with Gasteiger partial charge >= 0.3 is 0 Å². The number of benzene rings is 8. The van der Waals surface area contributed by atoms with Crippen molar-refractivity contribution in [3.05, 3.63) is 206 Å². The van der Waals surface area contributed by atoms with E-state index in [-0.39, 0.29) is 6.04 Å². The monoisotopic (exact) mass is 872 g/mol. The first-order valence-corrected chi connectivity index (χ1v) is 23.3. The Morgan fingerprint density at radius 1 is 0.426 bits per heavy atom. The van der Waals surface area contributed by atoms with E-state index >= 15 is 0 Å². The van der Waals surface area contributed by atoms with E-state index in [1.165, 1.54) is 54.4 Å². The second-order valence-corrected chi connectivity index (χ2v) is 18.0. The number of allylic oxidation sites excluding steroid dienone is 4. The minimum atomic E-state index is 0.189. The molecule has 1 atom stereocenters. The van der Waals surface area contributed by atoms with Gasteiger partial charge in [-0.2, -0.15) is 4.98 Å². The second-order valence-electron chi connectivity index (χ2n) is 18.0.